The van der Waals surface area contributed by atoms with Gasteiger partial charge in [0.1, 0.15) is 5.41 Å². The molecule has 21 heavy (non-hydrogen) atoms. The molecule has 0 spiro atoms. The molecule has 0 saturated heterocycles. The van der Waals surface area contributed by atoms with E-state index in [-0.39, 0.29) is 5.97 Å². The van der Waals surface area contributed by atoms with Crippen LogP contribution in [0.2, 0.25) is 0 Å². The molecule has 0 amide bonds. The van der Waals surface area contributed by atoms with Gasteiger partial charge in [0.05, 0.1) is 12.3 Å². The van der Waals surface area contributed by atoms with Crippen molar-refractivity contribution in [1.29, 1.82) is 0 Å². The second-order valence-electron chi connectivity index (χ2n) is 6.31. The van der Waals surface area contributed by atoms with Gasteiger partial charge in [-0.2, -0.15) is 0 Å². The summed E-state index contributed by atoms with van der Waals surface area (Å²) < 4.78 is 5.14. The lowest BCUT2D eigenvalue weighted by atomic mass is 9.90. The van der Waals surface area contributed by atoms with Crippen LogP contribution >= 0.6 is 11.3 Å². The highest BCUT2D eigenvalue weighted by Gasteiger charge is 2.34. The zero-order valence-corrected chi connectivity index (χ0v) is 14.3. The second-order valence-corrected chi connectivity index (χ2v) is 7.17. The monoisotopic (exact) mass is 310 g/mol. The van der Waals surface area contributed by atoms with Crippen molar-refractivity contribution in [1.82, 2.24) is 4.98 Å². The van der Waals surface area contributed by atoms with Gasteiger partial charge >= 0.3 is 5.97 Å². The van der Waals surface area contributed by atoms with Gasteiger partial charge in [-0.25, -0.2) is 4.98 Å². The van der Waals surface area contributed by atoms with Crippen molar-refractivity contribution in [2.75, 3.05) is 11.9 Å². The number of aromatic nitrogens is 1. The van der Waals surface area contributed by atoms with Crippen LogP contribution in [-0.4, -0.2) is 23.6 Å². The SMILES string of the molecule is CCOC(=O)C(C)(C)c1csc(NC(CC)CC2CC2)n1. The van der Waals surface area contributed by atoms with Crippen molar-refractivity contribution < 1.29 is 9.53 Å². The Morgan fingerprint density at radius 3 is 2.81 bits per heavy atom. The Bertz CT molecular complexity index is 480. The van der Waals surface area contributed by atoms with Gasteiger partial charge in [0.25, 0.3) is 0 Å². The summed E-state index contributed by atoms with van der Waals surface area (Å²) in [5, 5.41) is 6.39. The summed E-state index contributed by atoms with van der Waals surface area (Å²) in [7, 11) is 0. The maximum Gasteiger partial charge on any atom is 0.317 e. The van der Waals surface area contributed by atoms with Gasteiger partial charge < -0.3 is 10.1 Å². The number of anilines is 1. The predicted molar refractivity (Wildman–Crippen MR) is 86.8 cm³/mol. The summed E-state index contributed by atoms with van der Waals surface area (Å²) in [4.78, 5) is 16.6. The molecular weight excluding hydrogens is 284 g/mol. The summed E-state index contributed by atoms with van der Waals surface area (Å²) in [6.07, 6.45) is 5.08. The van der Waals surface area contributed by atoms with E-state index in [1.807, 2.05) is 26.2 Å². The molecule has 1 aliphatic rings. The first-order chi connectivity index (χ1) is 9.97. The quantitative estimate of drug-likeness (QED) is 0.738. The van der Waals surface area contributed by atoms with Crippen LogP contribution in [0.15, 0.2) is 5.38 Å². The fraction of sp³-hybridized carbons (Fsp3) is 0.750. The van der Waals surface area contributed by atoms with Gasteiger partial charge in [-0.3, -0.25) is 4.79 Å². The Hall–Kier alpha value is -1.10. The van der Waals surface area contributed by atoms with E-state index in [0.29, 0.717) is 12.6 Å². The van der Waals surface area contributed by atoms with Gasteiger partial charge in [-0.05, 0) is 39.5 Å². The number of nitrogens with zero attached hydrogens (tertiary/aromatic N) is 1. The smallest absolute Gasteiger partial charge is 0.317 e. The van der Waals surface area contributed by atoms with Gasteiger partial charge in [0, 0.05) is 11.4 Å². The van der Waals surface area contributed by atoms with Crippen LogP contribution in [0.25, 0.3) is 0 Å². The second kappa shape index (κ2) is 6.77. The minimum Gasteiger partial charge on any atom is -0.465 e. The molecule has 1 unspecified atom stereocenters. The van der Waals surface area contributed by atoms with E-state index in [2.05, 4.69) is 17.2 Å². The number of thiazole rings is 1. The zero-order valence-electron chi connectivity index (χ0n) is 13.4. The van der Waals surface area contributed by atoms with Gasteiger partial charge in [-0.15, -0.1) is 11.3 Å². The van der Waals surface area contributed by atoms with E-state index >= 15 is 0 Å². The molecule has 1 aromatic heterocycles. The lowest BCUT2D eigenvalue weighted by Gasteiger charge is -2.20. The van der Waals surface area contributed by atoms with Crippen LogP contribution in [0.3, 0.4) is 0 Å². The molecule has 1 fully saturated rings. The molecule has 0 radical (unpaired) electrons. The summed E-state index contributed by atoms with van der Waals surface area (Å²) in [5.74, 6) is 0.685. The number of ether oxygens (including phenoxy) is 1. The van der Waals surface area contributed by atoms with Crippen molar-refractivity contribution in [2.24, 2.45) is 5.92 Å². The highest BCUT2D eigenvalue weighted by atomic mass is 32.1. The topological polar surface area (TPSA) is 51.2 Å². The van der Waals surface area contributed by atoms with E-state index in [0.717, 1.165) is 23.2 Å². The average Bonchev–Trinajstić information content (AvgIpc) is 3.13. The first kappa shape index (κ1) is 16.3. The number of rotatable bonds is 8. The maximum absolute atomic E-state index is 12.0. The van der Waals surface area contributed by atoms with Gasteiger partial charge in [0.15, 0.2) is 5.13 Å². The molecule has 1 atom stereocenters. The van der Waals surface area contributed by atoms with Crippen LogP contribution in [-0.2, 0) is 14.9 Å². The highest BCUT2D eigenvalue weighted by Crippen LogP contribution is 2.35. The molecule has 1 aromatic rings. The fourth-order valence-electron chi connectivity index (χ4n) is 2.30. The van der Waals surface area contributed by atoms with Gasteiger partial charge in [0.2, 0.25) is 0 Å². The number of nitrogens with one attached hydrogen (secondary N) is 1. The molecule has 5 heteroatoms. The molecule has 1 N–H and O–H groups in total. The minimum absolute atomic E-state index is 0.216. The Labute approximate surface area is 131 Å². The summed E-state index contributed by atoms with van der Waals surface area (Å²) in [6.45, 7) is 8.16. The molecule has 1 aliphatic carbocycles. The average molecular weight is 310 g/mol. The van der Waals surface area contributed by atoms with E-state index in [9.17, 15) is 4.79 Å². The van der Waals surface area contributed by atoms with Crippen molar-refractivity contribution in [3.8, 4) is 0 Å². The highest BCUT2D eigenvalue weighted by molar-refractivity contribution is 7.13. The standard InChI is InChI=1S/C16H26N2O2S/c1-5-12(9-11-7-8-11)17-15-18-13(10-21-15)16(3,4)14(19)20-6-2/h10-12H,5-9H2,1-4H3,(H,17,18). The fourth-order valence-corrected chi connectivity index (χ4v) is 3.26. The van der Waals surface area contributed by atoms with Crippen LogP contribution in [0.4, 0.5) is 5.13 Å². The Balaban J connectivity index is 2.00. The van der Waals surface area contributed by atoms with Crippen LogP contribution in [0.5, 0.6) is 0 Å². The van der Waals surface area contributed by atoms with Crippen LogP contribution in [0.1, 0.15) is 59.1 Å². The van der Waals surface area contributed by atoms with E-state index in [4.69, 9.17) is 4.74 Å². The number of hydrogen-bond donors (Lipinski definition) is 1. The molecule has 4 nitrogen and oxygen atoms in total. The normalized spacial score (nSPS) is 16.6. The van der Waals surface area contributed by atoms with Crippen molar-refractivity contribution in [3.05, 3.63) is 11.1 Å². The first-order valence-corrected chi connectivity index (χ1v) is 8.75. The summed E-state index contributed by atoms with van der Waals surface area (Å²) in [5.41, 5.74) is 0.0969. The third kappa shape index (κ3) is 4.19. The largest absolute Gasteiger partial charge is 0.465 e. The molecule has 1 heterocycles. The summed E-state index contributed by atoms with van der Waals surface area (Å²) >= 11 is 1.57. The number of esters is 1. The molecule has 1 saturated carbocycles. The molecule has 118 valence electrons. The molecule has 0 aliphatic heterocycles. The van der Waals surface area contributed by atoms with E-state index < -0.39 is 5.41 Å². The lowest BCUT2D eigenvalue weighted by molar-refractivity contribution is -0.148. The van der Waals surface area contributed by atoms with E-state index in [1.165, 1.54) is 19.3 Å². The number of hydrogen-bond acceptors (Lipinski definition) is 5. The van der Waals surface area contributed by atoms with E-state index in [1.54, 1.807) is 11.3 Å². The minimum atomic E-state index is -0.690. The Morgan fingerprint density at radius 1 is 1.52 bits per heavy atom. The third-order valence-corrected chi connectivity index (χ3v) is 4.84. The van der Waals surface area contributed by atoms with Gasteiger partial charge in [-0.1, -0.05) is 19.8 Å². The van der Waals surface area contributed by atoms with Crippen molar-refractivity contribution >= 4 is 22.4 Å². The molecule has 0 aromatic carbocycles. The Kier molecular flexibility index (Phi) is 5.25. The zero-order chi connectivity index (χ0) is 15.5. The lowest BCUT2D eigenvalue weighted by Crippen LogP contribution is -2.31. The van der Waals surface area contributed by atoms with Crippen LogP contribution in [0, 0.1) is 5.92 Å². The molecular formula is C16H26N2O2S. The number of carbonyl (C=O) groups excluding carboxylic acids is 1. The maximum atomic E-state index is 12.0. The van der Waals surface area contributed by atoms with Crippen molar-refractivity contribution in [2.45, 2.75) is 64.8 Å². The molecule has 2 rings (SSSR count). The number of carbonyl (C=O) groups is 1. The van der Waals surface area contributed by atoms with Crippen LogP contribution < -0.4 is 5.32 Å². The predicted octanol–water partition coefficient (Wildman–Crippen LogP) is 3.97. The third-order valence-electron chi connectivity index (χ3n) is 4.07. The molecule has 0 bridgehead atoms. The summed E-state index contributed by atoms with van der Waals surface area (Å²) in [6, 6.07) is 0.488. The Morgan fingerprint density at radius 2 is 2.24 bits per heavy atom. The first-order valence-electron chi connectivity index (χ1n) is 7.87. The van der Waals surface area contributed by atoms with Crippen molar-refractivity contribution in [3.63, 3.8) is 0 Å².